The summed E-state index contributed by atoms with van der Waals surface area (Å²) in [6, 6.07) is 47.2. The Bertz CT molecular complexity index is 2750. The number of ether oxygens (including phenoxy) is 2. The third-order valence-electron chi connectivity index (χ3n) is 12.7. The maximum atomic E-state index is 14.1. The fraction of sp³-hybridized carbons (Fsp3) is 0.288. The first-order chi connectivity index (χ1) is 31.9. The number of carbonyl (C=O) groups excluding carboxylic acids is 3. The maximum Gasteiger partial charge on any atom is 0.330 e. The number of hydrogen-bond donors (Lipinski definition) is 1. The number of hydroxylamine groups is 2. The van der Waals surface area contributed by atoms with Gasteiger partial charge in [-0.05, 0) is 43.0 Å². The number of rotatable bonds is 14. The molecule has 3 heterocycles. The monoisotopic (exact) mass is 937 g/mol. The molecule has 15 heteroatoms. The summed E-state index contributed by atoms with van der Waals surface area (Å²) in [4.78, 5) is 77.0. The van der Waals surface area contributed by atoms with Gasteiger partial charge in [0.2, 0.25) is 0 Å². The number of carbonyl (C=O) groups is 3. The van der Waals surface area contributed by atoms with Gasteiger partial charge in [-0.2, -0.15) is 0 Å². The van der Waals surface area contributed by atoms with Gasteiger partial charge in [-0.1, -0.05) is 175 Å². The van der Waals surface area contributed by atoms with E-state index in [0.717, 1.165) is 25.3 Å². The van der Waals surface area contributed by atoms with Crippen LogP contribution in [0.3, 0.4) is 0 Å². The van der Waals surface area contributed by atoms with Crippen LogP contribution in [0.15, 0.2) is 167 Å². The fourth-order valence-corrected chi connectivity index (χ4v) is 19.1. The predicted octanol–water partition coefficient (Wildman–Crippen LogP) is 5.49. The van der Waals surface area contributed by atoms with Gasteiger partial charge < -0.3 is 18.3 Å². The van der Waals surface area contributed by atoms with E-state index in [0.29, 0.717) is 5.06 Å². The molecule has 4 unspecified atom stereocenters. The first-order valence-electron chi connectivity index (χ1n) is 22.2. The van der Waals surface area contributed by atoms with Gasteiger partial charge in [0.25, 0.3) is 34.0 Å². The molecule has 2 aliphatic heterocycles. The summed E-state index contributed by atoms with van der Waals surface area (Å²) in [6.07, 6.45) is -2.98. The number of esters is 1. The Balaban J connectivity index is 1.41. The van der Waals surface area contributed by atoms with Crippen LogP contribution in [0.4, 0.5) is 0 Å². The number of imide groups is 1. The lowest BCUT2D eigenvalue weighted by atomic mass is 9.97. The Morgan fingerprint density at radius 1 is 0.627 bits per heavy atom. The molecule has 1 saturated heterocycles. The maximum absolute atomic E-state index is 14.1. The van der Waals surface area contributed by atoms with E-state index in [4.69, 9.17) is 23.2 Å². The first-order valence-corrected chi connectivity index (χ1v) is 26.1. The fourth-order valence-electron chi connectivity index (χ4n) is 9.76. The van der Waals surface area contributed by atoms with Crippen molar-refractivity contribution in [2.45, 2.75) is 82.6 Å². The number of aromatic amines is 1. The van der Waals surface area contributed by atoms with Gasteiger partial charge in [-0.15, -0.1) is 5.06 Å². The average molecular weight is 938 g/mol. The summed E-state index contributed by atoms with van der Waals surface area (Å²) in [6.45, 7) is 13.0. The van der Waals surface area contributed by atoms with Gasteiger partial charge in [-0.3, -0.25) is 33.6 Å². The summed E-state index contributed by atoms with van der Waals surface area (Å²) < 4.78 is 30.5. The lowest BCUT2D eigenvalue weighted by Crippen LogP contribution is -2.72. The van der Waals surface area contributed by atoms with Crippen molar-refractivity contribution in [1.29, 1.82) is 0 Å². The van der Waals surface area contributed by atoms with Gasteiger partial charge in [-0.25, -0.2) is 4.79 Å². The number of nitrogens with zero attached hydrogens (tertiary/aromatic N) is 2. The third-order valence-corrected chi connectivity index (χ3v) is 22.7. The van der Waals surface area contributed by atoms with Crippen molar-refractivity contribution in [3.8, 4) is 0 Å². The number of H-pyrrole nitrogens is 1. The molecule has 346 valence electrons. The second kappa shape index (κ2) is 18.4. The molecular weight excluding hydrogens is 883 g/mol. The predicted molar refractivity (Wildman–Crippen MR) is 259 cm³/mol. The largest absolute Gasteiger partial charge is 0.455 e. The standard InChI is InChI=1S/C52H55N3O10Si2/c1-36(56)63-44-45(65-67(51(5,6)7,39-26-16-10-17-27-39)40-28-18-11-19-29-40)52(64-48(44)54-33-32-43(57)53-49(54)60,34-61-55-46(58)41-30-20-21-31-42(41)47(55)59)35-62-66(50(2,3)4,37-22-12-8-13-23-37)38-24-14-9-15-25-38/h8-33,44-45,48H,34-35H2,1-7H3,(H,53,57,60). The van der Waals surface area contributed by atoms with Crippen molar-refractivity contribution in [3.05, 3.63) is 190 Å². The highest BCUT2D eigenvalue weighted by atomic mass is 28.4. The van der Waals surface area contributed by atoms with Crippen LogP contribution in [0.5, 0.6) is 0 Å². The Kier molecular flexibility index (Phi) is 12.9. The number of hydrogen-bond acceptors (Lipinski definition) is 10. The number of fused-ring (bicyclic) bond motifs is 1. The third kappa shape index (κ3) is 8.51. The summed E-state index contributed by atoms with van der Waals surface area (Å²) in [7, 11) is -7.17. The molecule has 4 atom stereocenters. The number of nitrogens with one attached hydrogen (secondary N) is 1. The summed E-state index contributed by atoms with van der Waals surface area (Å²) >= 11 is 0. The zero-order valence-electron chi connectivity index (χ0n) is 38.6. The normalized spacial score (nSPS) is 19.9. The van der Waals surface area contributed by atoms with Crippen molar-refractivity contribution in [1.82, 2.24) is 14.6 Å². The van der Waals surface area contributed by atoms with Gasteiger partial charge in [0, 0.05) is 19.2 Å². The molecule has 0 saturated carbocycles. The van der Waals surface area contributed by atoms with Crippen LogP contribution < -0.4 is 32.0 Å². The molecule has 1 N–H and O–H groups in total. The van der Waals surface area contributed by atoms with Crippen LogP contribution in [-0.4, -0.2) is 80.1 Å². The lowest BCUT2D eigenvalue weighted by molar-refractivity contribution is -0.197. The van der Waals surface area contributed by atoms with Crippen LogP contribution in [0.25, 0.3) is 0 Å². The van der Waals surface area contributed by atoms with E-state index in [1.165, 1.54) is 19.2 Å². The van der Waals surface area contributed by atoms with E-state index in [1.807, 2.05) is 121 Å². The minimum atomic E-state index is -3.69. The van der Waals surface area contributed by atoms with Gasteiger partial charge in [0.1, 0.15) is 18.3 Å². The minimum absolute atomic E-state index is 0.160. The lowest BCUT2D eigenvalue weighted by Gasteiger charge is -2.49. The molecule has 1 aromatic heterocycles. The molecule has 0 aliphatic carbocycles. The summed E-state index contributed by atoms with van der Waals surface area (Å²) in [5, 5.41) is 3.13. The first kappa shape index (κ1) is 47.2. The van der Waals surface area contributed by atoms with E-state index >= 15 is 0 Å². The molecule has 6 aromatic rings. The quantitative estimate of drug-likeness (QED) is 0.0844. The number of amides is 2. The second-order valence-corrected chi connectivity index (χ2v) is 27.6. The van der Waals surface area contributed by atoms with Crippen LogP contribution in [0, 0.1) is 0 Å². The van der Waals surface area contributed by atoms with Crippen molar-refractivity contribution in [2.24, 2.45) is 0 Å². The van der Waals surface area contributed by atoms with E-state index in [2.05, 4.69) is 46.5 Å². The van der Waals surface area contributed by atoms with E-state index in [1.54, 1.807) is 24.3 Å². The highest BCUT2D eigenvalue weighted by Crippen LogP contribution is 2.48. The average Bonchev–Trinajstić information content (AvgIpc) is 3.72. The molecule has 8 rings (SSSR count). The second-order valence-electron chi connectivity index (χ2n) is 19.0. The van der Waals surface area contributed by atoms with Gasteiger partial charge >= 0.3 is 11.7 Å². The van der Waals surface area contributed by atoms with Crippen LogP contribution in [0.1, 0.15) is 75.4 Å². The molecule has 0 spiro atoms. The van der Waals surface area contributed by atoms with Crippen LogP contribution in [0.2, 0.25) is 10.1 Å². The van der Waals surface area contributed by atoms with Crippen LogP contribution >= 0.6 is 0 Å². The van der Waals surface area contributed by atoms with E-state index in [9.17, 15) is 24.0 Å². The summed E-state index contributed by atoms with van der Waals surface area (Å²) in [5.74, 6) is -2.08. The highest BCUT2D eigenvalue weighted by molar-refractivity contribution is 7.00. The molecule has 2 amide bonds. The highest BCUT2D eigenvalue weighted by Gasteiger charge is 2.65. The molecule has 67 heavy (non-hydrogen) atoms. The Morgan fingerprint density at radius 3 is 1.48 bits per heavy atom. The Morgan fingerprint density at radius 2 is 1.06 bits per heavy atom. The van der Waals surface area contributed by atoms with Gasteiger partial charge in [0.05, 0.1) is 17.7 Å². The molecule has 13 nitrogen and oxygen atoms in total. The topological polar surface area (TPSA) is 155 Å². The van der Waals surface area contributed by atoms with Crippen molar-refractivity contribution in [3.63, 3.8) is 0 Å². The van der Waals surface area contributed by atoms with Crippen molar-refractivity contribution in [2.75, 3.05) is 13.2 Å². The zero-order chi connectivity index (χ0) is 47.8. The van der Waals surface area contributed by atoms with Crippen molar-refractivity contribution < 1.29 is 37.5 Å². The molecule has 2 aliphatic rings. The molecular formula is C52H55N3O10Si2. The smallest absolute Gasteiger partial charge is 0.330 e. The number of benzene rings is 5. The zero-order valence-corrected chi connectivity index (χ0v) is 40.6. The number of aromatic nitrogens is 2. The molecule has 0 bridgehead atoms. The minimum Gasteiger partial charge on any atom is -0.455 e. The molecule has 0 radical (unpaired) electrons. The SMILES string of the molecule is CC(=O)OC1C(n2ccc(=O)[nH]c2=O)OC(CON2C(=O)c3ccccc3C2=O)(CO[Si](c2ccccc2)(c2ccccc2)C(C)(C)C)C1O[Si](c1ccccc1)(c1ccccc1)C(C)(C)C. The molecule has 5 aromatic carbocycles. The van der Waals surface area contributed by atoms with E-state index in [-0.39, 0.29) is 17.7 Å². The van der Waals surface area contributed by atoms with E-state index < -0.39 is 86.4 Å². The van der Waals surface area contributed by atoms with Gasteiger partial charge in [0.15, 0.2) is 12.3 Å². The van der Waals surface area contributed by atoms with Crippen LogP contribution in [-0.2, 0) is 28.0 Å². The summed E-state index contributed by atoms with van der Waals surface area (Å²) in [5.41, 5.74) is -3.08. The van der Waals surface area contributed by atoms with Crippen molar-refractivity contribution >= 4 is 55.2 Å². The Hall–Kier alpha value is -6.34. The molecule has 1 fully saturated rings. The Labute approximate surface area is 391 Å².